The first-order valence-corrected chi connectivity index (χ1v) is 13.6. The highest BCUT2D eigenvalue weighted by atomic mass is 35.5. The highest BCUT2D eigenvalue weighted by Gasteiger charge is 2.32. The molecule has 0 N–H and O–H groups in total. The molecule has 0 atom stereocenters. The molecule has 186 valence electrons. The summed E-state index contributed by atoms with van der Waals surface area (Å²) in [4.78, 5) is 13.0. The van der Waals surface area contributed by atoms with E-state index >= 15 is 0 Å². The first-order valence-electron chi connectivity index (χ1n) is 13.6. The van der Waals surface area contributed by atoms with Gasteiger partial charge in [-0.1, -0.05) is 127 Å². The SMILES string of the molecule is CCCCCCCCCCCCCCCCCC(=O)[N+](CC)(CC)Cc1ccccc1.[Cl-]. The third-order valence-electron chi connectivity index (χ3n) is 7.06. The zero-order valence-corrected chi connectivity index (χ0v) is 22.3. The molecular formula is C29H52ClNO. The van der Waals surface area contributed by atoms with Crippen LogP contribution in [0.2, 0.25) is 0 Å². The molecule has 0 unspecified atom stereocenters. The van der Waals surface area contributed by atoms with Crippen molar-refractivity contribution in [2.24, 2.45) is 0 Å². The lowest BCUT2D eigenvalue weighted by molar-refractivity contribution is -0.864. The van der Waals surface area contributed by atoms with Crippen LogP contribution in [0.25, 0.3) is 0 Å². The normalized spacial score (nSPS) is 11.3. The maximum Gasteiger partial charge on any atom is 0.313 e. The number of amides is 1. The molecule has 3 heteroatoms. The predicted octanol–water partition coefficient (Wildman–Crippen LogP) is 5.84. The monoisotopic (exact) mass is 465 g/mol. The van der Waals surface area contributed by atoms with Gasteiger partial charge in [0.1, 0.15) is 6.54 Å². The molecule has 0 radical (unpaired) electrons. The van der Waals surface area contributed by atoms with Crippen LogP contribution >= 0.6 is 0 Å². The molecule has 0 bridgehead atoms. The first kappa shape index (κ1) is 31.1. The van der Waals surface area contributed by atoms with Crippen LogP contribution in [0.5, 0.6) is 0 Å². The molecule has 0 aromatic heterocycles. The number of rotatable bonds is 20. The maximum absolute atomic E-state index is 13.0. The number of halogens is 1. The number of unbranched alkanes of at least 4 members (excludes halogenated alkanes) is 14. The van der Waals surface area contributed by atoms with E-state index in [1.54, 1.807) is 0 Å². The number of benzene rings is 1. The number of hydrogen-bond donors (Lipinski definition) is 0. The number of nitrogens with zero attached hydrogens (tertiary/aromatic N) is 1. The van der Waals surface area contributed by atoms with Crippen molar-refractivity contribution in [1.82, 2.24) is 0 Å². The molecule has 2 nitrogen and oxygen atoms in total. The largest absolute Gasteiger partial charge is 1.00 e. The zero-order chi connectivity index (χ0) is 22.6. The van der Waals surface area contributed by atoms with E-state index in [1.807, 2.05) is 6.07 Å². The van der Waals surface area contributed by atoms with E-state index in [0.717, 1.165) is 32.5 Å². The summed E-state index contributed by atoms with van der Waals surface area (Å²) in [5.41, 5.74) is 1.27. The maximum atomic E-state index is 13.0. The molecular weight excluding hydrogens is 414 g/mol. The minimum atomic E-state index is 0. The van der Waals surface area contributed by atoms with Crippen LogP contribution < -0.4 is 12.4 Å². The van der Waals surface area contributed by atoms with Gasteiger partial charge in [0.25, 0.3) is 0 Å². The standard InChI is InChI=1S/C29H52NO.ClH/c1-4-7-8-9-10-11-12-13-14-15-16-17-18-19-23-26-29(31)30(5-2,6-3)27-28-24-21-20-22-25-28;/h20-22,24-25H,4-19,23,26-27H2,1-3H3;1H/q+1;/p-1. The minimum absolute atomic E-state index is 0. The topological polar surface area (TPSA) is 17.1 Å². The second-order valence-electron chi connectivity index (χ2n) is 9.51. The average molecular weight is 466 g/mol. The lowest BCUT2D eigenvalue weighted by Gasteiger charge is -2.34. The minimum Gasteiger partial charge on any atom is -1.00 e. The molecule has 1 aromatic rings. The first-order chi connectivity index (χ1) is 15.2. The quantitative estimate of drug-likeness (QED) is 0.175. The van der Waals surface area contributed by atoms with Gasteiger partial charge < -0.3 is 12.4 Å². The van der Waals surface area contributed by atoms with Crippen LogP contribution in [0.4, 0.5) is 0 Å². The van der Waals surface area contributed by atoms with Crippen LogP contribution in [0.3, 0.4) is 0 Å². The van der Waals surface area contributed by atoms with Gasteiger partial charge in [-0.05, 0) is 20.3 Å². The molecule has 0 aliphatic heterocycles. The Hall–Kier alpha value is -0.860. The number of carbonyl (C=O) groups excluding carboxylic acids is 1. The lowest BCUT2D eigenvalue weighted by Crippen LogP contribution is -3.00. The van der Waals surface area contributed by atoms with Crippen molar-refractivity contribution in [1.29, 1.82) is 0 Å². The van der Waals surface area contributed by atoms with Crippen LogP contribution in [-0.2, 0) is 11.3 Å². The number of quaternary nitrogens is 1. The van der Waals surface area contributed by atoms with Gasteiger partial charge >= 0.3 is 5.91 Å². The Kier molecular flexibility index (Phi) is 20.2. The molecule has 32 heavy (non-hydrogen) atoms. The van der Waals surface area contributed by atoms with Crippen LogP contribution in [-0.4, -0.2) is 23.5 Å². The van der Waals surface area contributed by atoms with Gasteiger partial charge in [-0.2, -0.15) is 0 Å². The smallest absolute Gasteiger partial charge is 0.313 e. The Balaban J connectivity index is 0.00000961. The molecule has 0 saturated carbocycles. The summed E-state index contributed by atoms with van der Waals surface area (Å²) >= 11 is 0. The van der Waals surface area contributed by atoms with Gasteiger partial charge in [-0.3, -0.25) is 4.48 Å². The van der Waals surface area contributed by atoms with Crippen LogP contribution in [0.15, 0.2) is 30.3 Å². The van der Waals surface area contributed by atoms with Crippen molar-refractivity contribution in [3.8, 4) is 0 Å². The molecule has 0 aliphatic rings. The van der Waals surface area contributed by atoms with E-state index in [0.29, 0.717) is 10.4 Å². The average Bonchev–Trinajstić information content (AvgIpc) is 2.80. The van der Waals surface area contributed by atoms with Crippen molar-refractivity contribution in [3.63, 3.8) is 0 Å². The fraction of sp³-hybridized carbons (Fsp3) is 0.759. The molecule has 0 aliphatic carbocycles. The van der Waals surface area contributed by atoms with Gasteiger partial charge in [0.05, 0.1) is 19.5 Å². The van der Waals surface area contributed by atoms with Crippen molar-refractivity contribution in [2.75, 3.05) is 13.1 Å². The van der Waals surface area contributed by atoms with Crippen LogP contribution in [0, 0.1) is 0 Å². The third kappa shape index (κ3) is 13.6. The molecule has 1 aromatic carbocycles. The molecule has 0 spiro atoms. The van der Waals surface area contributed by atoms with Gasteiger partial charge in [-0.15, -0.1) is 0 Å². The molecule has 0 heterocycles. The third-order valence-corrected chi connectivity index (χ3v) is 7.06. The van der Waals surface area contributed by atoms with Crippen LogP contribution in [0.1, 0.15) is 129 Å². The van der Waals surface area contributed by atoms with Gasteiger partial charge in [0.15, 0.2) is 0 Å². The van der Waals surface area contributed by atoms with Crippen molar-refractivity contribution >= 4 is 5.91 Å². The fourth-order valence-electron chi connectivity index (χ4n) is 4.71. The number of hydrogen-bond acceptors (Lipinski definition) is 1. The lowest BCUT2D eigenvalue weighted by atomic mass is 10.0. The summed E-state index contributed by atoms with van der Waals surface area (Å²) < 4.78 is 0.600. The second kappa shape index (κ2) is 20.7. The van der Waals surface area contributed by atoms with Gasteiger partial charge in [-0.25, -0.2) is 4.79 Å². The van der Waals surface area contributed by atoms with Crippen molar-refractivity contribution < 1.29 is 21.7 Å². The summed E-state index contributed by atoms with van der Waals surface area (Å²) in [6.45, 7) is 9.24. The summed E-state index contributed by atoms with van der Waals surface area (Å²) in [6, 6.07) is 10.5. The van der Waals surface area contributed by atoms with Gasteiger partial charge in [0, 0.05) is 5.56 Å². The van der Waals surface area contributed by atoms with E-state index < -0.39 is 0 Å². The number of carbonyl (C=O) groups is 1. The zero-order valence-electron chi connectivity index (χ0n) is 21.6. The summed E-state index contributed by atoms with van der Waals surface area (Å²) in [6.07, 6.45) is 21.2. The van der Waals surface area contributed by atoms with E-state index in [4.69, 9.17) is 0 Å². The van der Waals surface area contributed by atoms with Crippen molar-refractivity contribution in [3.05, 3.63) is 35.9 Å². The van der Waals surface area contributed by atoms with Crippen molar-refractivity contribution in [2.45, 2.75) is 130 Å². The van der Waals surface area contributed by atoms with E-state index in [9.17, 15) is 4.79 Å². The fourth-order valence-corrected chi connectivity index (χ4v) is 4.71. The van der Waals surface area contributed by atoms with E-state index in [2.05, 4.69) is 45.0 Å². The Morgan fingerprint density at radius 1 is 0.625 bits per heavy atom. The summed E-state index contributed by atoms with van der Waals surface area (Å²) in [7, 11) is 0. The molecule has 1 amide bonds. The Morgan fingerprint density at radius 2 is 1.03 bits per heavy atom. The molecule has 0 fully saturated rings. The highest BCUT2D eigenvalue weighted by molar-refractivity contribution is 5.69. The Bertz CT molecular complexity index is 541. The summed E-state index contributed by atoms with van der Waals surface area (Å²) in [5.74, 6) is 0.434. The Labute approximate surface area is 206 Å². The van der Waals surface area contributed by atoms with E-state index in [-0.39, 0.29) is 12.4 Å². The highest BCUT2D eigenvalue weighted by Crippen LogP contribution is 2.19. The molecule has 1 rings (SSSR count). The second-order valence-corrected chi connectivity index (χ2v) is 9.51. The van der Waals surface area contributed by atoms with Gasteiger partial charge in [0.2, 0.25) is 0 Å². The molecule has 0 saturated heterocycles. The summed E-state index contributed by atoms with van der Waals surface area (Å²) in [5, 5.41) is 0. The Morgan fingerprint density at radius 3 is 1.44 bits per heavy atom. The predicted molar refractivity (Wildman–Crippen MR) is 136 cm³/mol. The van der Waals surface area contributed by atoms with E-state index in [1.165, 1.54) is 95.5 Å².